The lowest BCUT2D eigenvalue weighted by Gasteiger charge is -2.45. The Labute approximate surface area is 248 Å². The topological polar surface area (TPSA) is 68.7 Å². The van der Waals surface area contributed by atoms with Crippen LogP contribution in [0.4, 0.5) is 22.7 Å². The molecule has 3 atom stereocenters. The number of aliphatic imine (C=N–C) groups is 2. The molecule has 3 aliphatic rings. The third kappa shape index (κ3) is 4.66. The lowest BCUT2D eigenvalue weighted by Crippen LogP contribution is -2.54. The molecule has 0 saturated carbocycles. The fourth-order valence-electron chi connectivity index (χ4n) is 5.98. The Morgan fingerprint density at radius 3 is 2.46 bits per heavy atom. The van der Waals surface area contributed by atoms with Crippen molar-refractivity contribution < 1.29 is 4.42 Å². The normalized spacial score (nSPS) is 21.0. The maximum atomic E-state index is 6.27. The minimum atomic E-state index is -0.258. The van der Waals surface area contributed by atoms with Crippen molar-refractivity contribution >= 4 is 56.1 Å². The molecule has 0 radical (unpaired) electrons. The maximum absolute atomic E-state index is 6.27. The average Bonchev–Trinajstić information content (AvgIpc) is 3.59. The van der Waals surface area contributed by atoms with Gasteiger partial charge in [-0.25, -0.2) is 15.0 Å². The van der Waals surface area contributed by atoms with Crippen LogP contribution in [0.15, 0.2) is 115 Å². The molecule has 206 valence electrons. The first-order valence-electron chi connectivity index (χ1n) is 14.2. The van der Waals surface area contributed by atoms with Crippen molar-refractivity contribution in [1.82, 2.24) is 0 Å². The van der Waals surface area contributed by atoms with Crippen molar-refractivity contribution in [3.8, 4) is 0 Å². The van der Waals surface area contributed by atoms with Crippen LogP contribution in [0.3, 0.4) is 0 Å². The van der Waals surface area contributed by atoms with Gasteiger partial charge >= 0.3 is 0 Å². The van der Waals surface area contributed by atoms with Crippen LogP contribution in [-0.2, 0) is 6.42 Å². The molecule has 1 aromatic heterocycles. The van der Waals surface area contributed by atoms with Gasteiger partial charge in [0.05, 0.1) is 23.0 Å². The molecule has 1 N–H and O–H groups in total. The number of para-hydroxylation sites is 3. The molecule has 0 aliphatic carbocycles. The molecule has 0 bridgehead atoms. The molecule has 0 unspecified atom stereocenters. The SMILES string of the molecule is CCCCc1ccc(NC2=Nc3ccccc3N3C2=N[C@H]2[C@@H](C(C)=NN2c2ccccc2)[C@@H]3c2ccc(Br)o2)cc1. The number of nitrogens with one attached hydrogen (secondary N) is 1. The molecule has 0 amide bonds. The van der Waals surface area contributed by atoms with Crippen molar-refractivity contribution in [2.75, 3.05) is 15.2 Å². The van der Waals surface area contributed by atoms with Crippen molar-refractivity contribution in [1.29, 1.82) is 0 Å². The molecule has 8 heteroatoms. The number of amidine groups is 2. The zero-order chi connectivity index (χ0) is 27.9. The second-order valence-electron chi connectivity index (χ2n) is 10.6. The monoisotopic (exact) mass is 606 g/mol. The highest BCUT2D eigenvalue weighted by molar-refractivity contribution is 9.10. The number of rotatable bonds is 6. The molecule has 0 saturated heterocycles. The van der Waals surface area contributed by atoms with Gasteiger partial charge in [-0.3, -0.25) is 0 Å². The summed E-state index contributed by atoms with van der Waals surface area (Å²) in [5.74, 6) is 2.28. The molecule has 4 heterocycles. The molecule has 3 aromatic carbocycles. The predicted molar refractivity (Wildman–Crippen MR) is 171 cm³/mol. The smallest absolute Gasteiger partial charge is 0.174 e. The Kier molecular flexibility index (Phi) is 6.71. The molecular formula is C33H31BrN6O. The van der Waals surface area contributed by atoms with Gasteiger partial charge in [-0.2, -0.15) is 5.10 Å². The Bertz CT molecular complexity index is 1660. The molecular weight excluding hydrogens is 576 g/mol. The van der Waals surface area contributed by atoms with Gasteiger partial charge in [-0.1, -0.05) is 55.8 Å². The van der Waals surface area contributed by atoms with Crippen LogP contribution in [0.5, 0.6) is 0 Å². The van der Waals surface area contributed by atoms with Crippen LogP contribution in [0.25, 0.3) is 0 Å². The summed E-state index contributed by atoms with van der Waals surface area (Å²) in [4.78, 5) is 12.8. The van der Waals surface area contributed by atoms with Gasteiger partial charge in [0.15, 0.2) is 22.5 Å². The van der Waals surface area contributed by atoms with Gasteiger partial charge in [-0.05, 0) is 89.8 Å². The summed E-state index contributed by atoms with van der Waals surface area (Å²) in [6.45, 7) is 4.32. The van der Waals surface area contributed by atoms with E-state index in [0.29, 0.717) is 10.5 Å². The highest BCUT2D eigenvalue weighted by Crippen LogP contribution is 2.49. The number of benzene rings is 3. The average molecular weight is 608 g/mol. The van der Waals surface area contributed by atoms with Crippen LogP contribution in [0, 0.1) is 5.92 Å². The van der Waals surface area contributed by atoms with E-state index in [1.807, 2.05) is 47.5 Å². The molecule has 0 fully saturated rings. The summed E-state index contributed by atoms with van der Waals surface area (Å²) >= 11 is 3.54. The quantitative estimate of drug-likeness (QED) is 0.239. The third-order valence-electron chi connectivity index (χ3n) is 7.95. The van der Waals surface area contributed by atoms with Gasteiger partial charge in [0, 0.05) is 11.4 Å². The molecule has 7 nitrogen and oxygen atoms in total. The van der Waals surface area contributed by atoms with Gasteiger partial charge in [0.25, 0.3) is 0 Å². The summed E-state index contributed by atoms with van der Waals surface area (Å²) in [7, 11) is 0. The van der Waals surface area contributed by atoms with Gasteiger partial charge in [-0.15, -0.1) is 0 Å². The standard InChI is InChI=1S/C33H31BrN6O/c1-3-4-10-22-15-17-23(18-16-22)35-31-33-37-32-29(21(2)38-40(32)24-11-6-5-7-12-24)30(27-19-20-28(34)41-27)39(33)26-14-9-8-13-25(26)36-31/h5-9,11-20,29-30,32H,3-4,10H2,1-2H3,(H,35,36)/t29-,30-,32+/m0/s1. The lowest BCUT2D eigenvalue weighted by molar-refractivity contribution is 0.371. The number of halogens is 1. The zero-order valence-electron chi connectivity index (χ0n) is 23.0. The van der Waals surface area contributed by atoms with E-state index in [0.717, 1.165) is 46.5 Å². The highest BCUT2D eigenvalue weighted by Gasteiger charge is 2.51. The van der Waals surface area contributed by atoms with E-state index in [2.05, 4.69) is 88.5 Å². The molecule has 0 spiro atoms. The number of unbranched alkanes of at least 4 members (excludes halogenated alkanes) is 1. The number of hydrogen-bond acceptors (Lipinski definition) is 7. The van der Waals surface area contributed by atoms with Crippen LogP contribution in [-0.4, -0.2) is 23.5 Å². The maximum Gasteiger partial charge on any atom is 0.174 e. The predicted octanol–water partition coefficient (Wildman–Crippen LogP) is 8.34. The molecule has 4 aromatic rings. The summed E-state index contributed by atoms with van der Waals surface area (Å²) in [6, 6.07) is 30.9. The Morgan fingerprint density at radius 1 is 0.927 bits per heavy atom. The van der Waals surface area contributed by atoms with Crippen LogP contribution in [0.1, 0.15) is 44.1 Å². The van der Waals surface area contributed by atoms with Crippen LogP contribution < -0.4 is 15.2 Å². The molecule has 7 rings (SSSR count). The lowest BCUT2D eigenvalue weighted by atomic mass is 9.86. The van der Waals surface area contributed by atoms with Crippen LogP contribution >= 0.6 is 15.9 Å². The van der Waals surface area contributed by atoms with E-state index in [1.54, 1.807) is 0 Å². The first kappa shape index (κ1) is 25.8. The summed E-state index contributed by atoms with van der Waals surface area (Å²) in [5, 5.41) is 10.7. The van der Waals surface area contributed by atoms with Crippen molar-refractivity contribution in [2.24, 2.45) is 21.0 Å². The summed E-state index contributed by atoms with van der Waals surface area (Å²) in [6.07, 6.45) is 3.20. The fourth-order valence-corrected chi connectivity index (χ4v) is 6.30. The van der Waals surface area contributed by atoms with Gasteiger partial charge in [0.1, 0.15) is 11.8 Å². The number of furan rings is 1. The third-order valence-corrected chi connectivity index (χ3v) is 8.37. The number of hydrogen-bond donors (Lipinski definition) is 1. The molecule has 3 aliphatic heterocycles. The van der Waals surface area contributed by atoms with Gasteiger partial charge < -0.3 is 14.6 Å². The number of nitrogens with zero attached hydrogens (tertiary/aromatic N) is 5. The van der Waals surface area contributed by atoms with E-state index >= 15 is 0 Å². The zero-order valence-corrected chi connectivity index (χ0v) is 24.6. The Morgan fingerprint density at radius 2 is 1.71 bits per heavy atom. The van der Waals surface area contributed by atoms with Gasteiger partial charge in [0.2, 0.25) is 0 Å². The number of anilines is 3. The fraction of sp³-hybridized carbons (Fsp3) is 0.242. The first-order chi connectivity index (χ1) is 20.1. The van der Waals surface area contributed by atoms with E-state index < -0.39 is 0 Å². The first-order valence-corrected chi connectivity index (χ1v) is 15.0. The Balaban J connectivity index is 1.36. The second-order valence-corrected chi connectivity index (χ2v) is 11.4. The number of hydrazone groups is 1. The highest BCUT2D eigenvalue weighted by atomic mass is 79.9. The largest absolute Gasteiger partial charge is 0.452 e. The van der Waals surface area contributed by atoms with E-state index in [1.165, 1.54) is 18.4 Å². The number of aryl methyl sites for hydroxylation is 1. The van der Waals surface area contributed by atoms with E-state index in [4.69, 9.17) is 19.5 Å². The van der Waals surface area contributed by atoms with Crippen molar-refractivity contribution in [3.05, 3.63) is 107 Å². The minimum absolute atomic E-state index is 0.0396. The summed E-state index contributed by atoms with van der Waals surface area (Å²) < 4.78 is 6.97. The summed E-state index contributed by atoms with van der Waals surface area (Å²) in [5.41, 5.74) is 6.21. The minimum Gasteiger partial charge on any atom is -0.452 e. The van der Waals surface area contributed by atoms with Crippen molar-refractivity contribution in [2.45, 2.75) is 45.3 Å². The van der Waals surface area contributed by atoms with E-state index in [-0.39, 0.29) is 18.1 Å². The molecule has 41 heavy (non-hydrogen) atoms. The number of fused-ring (bicyclic) bond motifs is 4. The van der Waals surface area contributed by atoms with Crippen molar-refractivity contribution in [3.63, 3.8) is 0 Å². The van der Waals surface area contributed by atoms with Crippen LogP contribution in [0.2, 0.25) is 0 Å². The van der Waals surface area contributed by atoms with E-state index in [9.17, 15) is 0 Å². The second kappa shape index (κ2) is 10.7. The Hall–Kier alpha value is -4.17.